The second-order valence-electron chi connectivity index (χ2n) is 4.15. The van der Waals surface area contributed by atoms with Crippen molar-refractivity contribution < 1.29 is 0 Å². The van der Waals surface area contributed by atoms with Crippen LogP contribution in [0.15, 0.2) is 0 Å². The average molecular weight is 375 g/mol. The molecule has 0 atom stereocenters. The molecule has 0 aliphatic rings. The van der Waals surface area contributed by atoms with E-state index in [-0.39, 0.29) is 9.15 Å². The Bertz CT molecular complexity index is 182. The van der Waals surface area contributed by atoms with Crippen molar-refractivity contribution in [3.05, 3.63) is 0 Å². The summed E-state index contributed by atoms with van der Waals surface area (Å²) in [5.41, 5.74) is -0.624. The minimum absolute atomic E-state index is 0.0955. The molecule has 0 heterocycles. The average Bonchev–Trinajstić information content (AvgIpc) is 1.84. The minimum Gasteiger partial charge on any atom is -0.0831 e. The third kappa shape index (κ3) is 2.90. The number of hydrogen-bond acceptors (Lipinski definition) is 0. The maximum atomic E-state index is 5.94. The van der Waals surface area contributed by atoms with E-state index in [0.29, 0.717) is 0 Å². The Kier molecular flexibility index (Phi) is 4.98. The van der Waals surface area contributed by atoms with Crippen LogP contribution in [0.25, 0.3) is 0 Å². The topological polar surface area (TPSA) is 0 Å². The predicted molar refractivity (Wildman–Crippen MR) is 69.5 cm³/mol. The van der Waals surface area contributed by atoms with Crippen LogP contribution < -0.4 is 0 Å². The monoisotopic (exact) mass is 372 g/mol. The first-order valence-electron chi connectivity index (χ1n) is 3.79. The van der Waals surface area contributed by atoms with E-state index in [2.05, 4.69) is 31.9 Å². The van der Waals surface area contributed by atoms with Gasteiger partial charge < -0.3 is 0 Å². The predicted octanol–water partition coefficient (Wildman–Crippen LogP) is 5.52. The molecule has 0 unspecified atom stereocenters. The first-order chi connectivity index (χ1) is 5.44. The van der Waals surface area contributed by atoms with Crippen LogP contribution in [0.4, 0.5) is 0 Å². The van der Waals surface area contributed by atoms with E-state index < -0.39 is 9.21 Å². The fourth-order valence-electron chi connectivity index (χ4n) is 0.638. The summed E-state index contributed by atoms with van der Waals surface area (Å²) in [4.78, 5) is 0. The molecule has 0 aliphatic carbocycles. The van der Waals surface area contributed by atoms with Crippen molar-refractivity contribution >= 4 is 66.7 Å². The Hall–Kier alpha value is 1.83. The molecular formula is C8H13Br2Cl3. The number of hydrogen-bond donors (Lipinski definition) is 0. The maximum Gasteiger partial charge on any atom is 0.196 e. The zero-order valence-electron chi connectivity index (χ0n) is 7.97. The van der Waals surface area contributed by atoms with Gasteiger partial charge in [0.2, 0.25) is 0 Å². The highest BCUT2D eigenvalue weighted by molar-refractivity contribution is 9.24. The SMILES string of the molecule is CC(C)(C(Br)Br)C(C)(C)C(Cl)(Cl)Cl. The van der Waals surface area contributed by atoms with Crippen LogP contribution in [0.1, 0.15) is 27.7 Å². The van der Waals surface area contributed by atoms with Gasteiger partial charge in [-0.2, -0.15) is 0 Å². The summed E-state index contributed by atoms with van der Waals surface area (Å²) in [5, 5.41) is 0. The first-order valence-corrected chi connectivity index (χ1v) is 6.76. The van der Waals surface area contributed by atoms with Gasteiger partial charge in [0.1, 0.15) is 0 Å². The summed E-state index contributed by atoms with van der Waals surface area (Å²) >= 11 is 24.8. The van der Waals surface area contributed by atoms with Crippen molar-refractivity contribution in [2.45, 2.75) is 35.2 Å². The van der Waals surface area contributed by atoms with E-state index in [1.54, 1.807) is 0 Å². The van der Waals surface area contributed by atoms with Crippen molar-refractivity contribution in [3.8, 4) is 0 Å². The minimum atomic E-state index is -1.28. The molecule has 0 rings (SSSR count). The van der Waals surface area contributed by atoms with Gasteiger partial charge in [0.25, 0.3) is 0 Å². The van der Waals surface area contributed by atoms with Crippen molar-refractivity contribution in [1.29, 1.82) is 0 Å². The lowest BCUT2D eigenvalue weighted by molar-refractivity contribution is 0.137. The van der Waals surface area contributed by atoms with E-state index in [0.717, 1.165) is 0 Å². The summed E-state index contributed by atoms with van der Waals surface area (Å²) in [5.74, 6) is 0. The molecular weight excluding hydrogens is 362 g/mol. The zero-order valence-corrected chi connectivity index (χ0v) is 13.4. The van der Waals surface area contributed by atoms with E-state index in [4.69, 9.17) is 34.8 Å². The van der Waals surface area contributed by atoms with Crippen LogP contribution >= 0.6 is 66.7 Å². The molecule has 0 nitrogen and oxygen atoms in total. The largest absolute Gasteiger partial charge is 0.196 e. The Morgan fingerprint density at radius 3 is 1.31 bits per heavy atom. The third-order valence-electron chi connectivity index (χ3n) is 2.87. The highest BCUT2D eigenvalue weighted by atomic mass is 79.9. The molecule has 0 aromatic heterocycles. The summed E-state index contributed by atoms with van der Waals surface area (Å²) < 4.78 is -1.19. The van der Waals surface area contributed by atoms with Gasteiger partial charge in [-0.15, -0.1) is 0 Å². The molecule has 13 heavy (non-hydrogen) atoms. The van der Waals surface area contributed by atoms with Crippen LogP contribution in [0.3, 0.4) is 0 Å². The highest BCUT2D eigenvalue weighted by Crippen LogP contribution is 2.58. The molecule has 0 N–H and O–H groups in total. The number of alkyl halides is 5. The van der Waals surface area contributed by atoms with Crippen molar-refractivity contribution in [1.82, 2.24) is 0 Å². The Morgan fingerprint density at radius 1 is 0.923 bits per heavy atom. The van der Waals surface area contributed by atoms with Crippen LogP contribution in [0.5, 0.6) is 0 Å². The van der Waals surface area contributed by atoms with Crippen LogP contribution in [-0.4, -0.2) is 7.53 Å². The summed E-state index contributed by atoms with van der Waals surface area (Å²) in [6.07, 6.45) is 0. The molecule has 0 aromatic carbocycles. The number of halogens is 5. The quantitative estimate of drug-likeness (QED) is 0.557. The second kappa shape index (κ2) is 4.37. The number of rotatable bonds is 2. The first kappa shape index (κ1) is 14.8. The molecule has 0 radical (unpaired) electrons. The molecule has 0 saturated heterocycles. The van der Waals surface area contributed by atoms with Gasteiger partial charge >= 0.3 is 0 Å². The zero-order chi connectivity index (χ0) is 11.1. The Morgan fingerprint density at radius 2 is 1.23 bits per heavy atom. The molecule has 0 bridgehead atoms. The van der Waals surface area contributed by atoms with Gasteiger partial charge in [-0.3, -0.25) is 0 Å². The van der Waals surface area contributed by atoms with Crippen LogP contribution in [-0.2, 0) is 0 Å². The summed E-state index contributed by atoms with van der Waals surface area (Å²) in [7, 11) is 0. The molecule has 0 amide bonds. The summed E-state index contributed by atoms with van der Waals surface area (Å²) in [6.45, 7) is 7.97. The van der Waals surface area contributed by atoms with Gasteiger partial charge in [0.15, 0.2) is 3.79 Å². The van der Waals surface area contributed by atoms with Gasteiger partial charge in [0.05, 0.1) is 3.74 Å². The van der Waals surface area contributed by atoms with Gasteiger partial charge in [0, 0.05) is 5.41 Å². The van der Waals surface area contributed by atoms with Crippen molar-refractivity contribution in [2.75, 3.05) is 0 Å². The van der Waals surface area contributed by atoms with Gasteiger partial charge in [-0.25, -0.2) is 0 Å². The smallest absolute Gasteiger partial charge is 0.0831 e. The van der Waals surface area contributed by atoms with E-state index in [1.165, 1.54) is 0 Å². The normalized spacial score (nSPS) is 15.2. The molecule has 80 valence electrons. The Labute approximate surface area is 112 Å². The molecule has 0 fully saturated rings. The van der Waals surface area contributed by atoms with Crippen molar-refractivity contribution in [2.24, 2.45) is 10.8 Å². The lowest BCUT2D eigenvalue weighted by Gasteiger charge is -2.47. The molecule has 0 saturated carbocycles. The standard InChI is InChI=1S/C8H13Br2Cl3/c1-6(2,5(9)10)7(3,4)8(11,12)13/h5H,1-4H3. The lowest BCUT2D eigenvalue weighted by atomic mass is 9.70. The van der Waals surface area contributed by atoms with E-state index in [9.17, 15) is 0 Å². The van der Waals surface area contributed by atoms with E-state index in [1.807, 2.05) is 27.7 Å². The molecule has 5 heteroatoms. The van der Waals surface area contributed by atoms with Crippen molar-refractivity contribution in [3.63, 3.8) is 0 Å². The van der Waals surface area contributed by atoms with Gasteiger partial charge in [-0.1, -0.05) is 94.4 Å². The summed E-state index contributed by atoms with van der Waals surface area (Å²) in [6, 6.07) is 0. The maximum absolute atomic E-state index is 5.94. The molecule has 0 aromatic rings. The highest BCUT2D eigenvalue weighted by Gasteiger charge is 2.53. The lowest BCUT2D eigenvalue weighted by Crippen LogP contribution is -2.46. The third-order valence-corrected chi connectivity index (χ3v) is 6.57. The fourth-order valence-corrected chi connectivity index (χ4v) is 2.51. The van der Waals surface area contributed by atoms with Crippen LogP contribution in [0, 0.1) is 10.8 Å². The fraction of sp³-hybridized carbons (Fsp3) is 1.00. The molecule has 0 spiro atoms. The molecule has 0 aliphatic heterocycles. The van der Waals surface area contributed by atoms with E-state index >= 15 is 0 Å². The second-order valence-corrected chi connectivity index (χ2v) is 9.49. The Balaban J connectivity index is 5.04. The van der Waals surface area contributed by atoms with Gasteiger partial charge in [-0.05, 0) is 5.41 Å². The van der Waals surface area contributed by atoms with Crippen LogP contribution in [0.2, 0.25) is 0 Å².